The molecule has 0 atom stereocenters. The molecule has 2 fully saturated rings. The minimum absolute atomic E-state index is 0.0307. The summed E-state index contributed by atoms with van der Waals surface area (Å²) in [5.41, 5.74) is 1.56. The summed E-state index contributed by atoms with van der Waals surface area (Å²) in [6, 6.07) is 11.6. The second-order valence-electron chi connectivity index (χ2n) is 8.35. The van der Waals surface area contributed by atoms with E-state index < -0.39 is 22.0 Å². The van der Waals surface area contributed by atoms with Crippen LogP contribution in [0.3, 0.4) is 0 Å². The van der Waals surface area contributed by atoms with Crippen molar-refractivity contribution in [1.82, 2.24) is 9.80 Å². The molecule has 2 aromatic carbocycles. The fourth-order valence-corrected chi connectivity index (χ4v) is 5.03. The Bertz CT molecular complexity index is 1260. The number of hydrogen-bond acceptors (Lipinski definition) is 10. The zero-order chi connectivity index (χ0) is 25.2. The Labute approximate surface area is 210 Å². The molecule has 3 amide bonds. The number of thioether (sulfide) groups is 1. The number of non-ortho nitro benzene ring substituents is 1. The van der Waals surface area contributed by atoms with Gasteiger partial charge in [0, 0.05) is 44.0 Å². The molecule has 0 radical (unpaired) electrons. The molecule has 2 aromatic rings. The van der Waals surface area contributed by atoms with Gasteiger partial charge in [0.05, 0.1) is 16.4 Å². The maximum absolute atomic E-state index is 12.9. The molecule has 0 N–H and O–H groups in total. The molecule has 3 aliphatic heterocycles. The molecule has 0 saturated carbocycles. The van der Waals surface area contributed by atoms with Gasteiger partial charge in [-0.25, -0.2) is 4.90 Å². The van der Waals surface area contributed by atoms with Crippen LogP contribution in [0.15, 0.2) is 47.4 Å². The maximum atomic E-state index is 12.9. The van der Waals surface area contributed by atoms with E-state index in [2.05, 4.69) is 4.90 Å². The summed E-state index contributed by atoms with van der Waals surface area (Å²) in [7, 11) is 0. The maximum Gasteiger partial charge on any atom is 0.300 e. The second kappa shape index (κ2) is 9.99. The number of hydrogen-bond donors (Lipinski definition) is 0. The Balaban J connectivity index is 1.18. The zero-order valence-electron chi connectivity index (χ0n) is 19.1. The molecule has 12 heteroatoms. The van der Waals surface area contributed by atoms with Gasteiger partial charge >= 0.3 is 0 Å². The van der Waals surface area contributed by atoms with E-state index in [4.69, 9.17) is 9.47 Å². The van der Waals surface area contributed by atoms with Crippen molar-refractivity contribution in [2.45, 2.75) is 0 Å². The number of piperazine rings is 1. The van der Waals surface area contributed by atoms with E-state index in [1.165, 1.54) is 12.1 Å². The Kier molecular flexibility index (Phi) is 6.61. The highest BCUT2D eigenvalue weighted by Crippen LogP contribution is 2.35. The minimum atomic E-state index is -0.630. The van der Waals surface area contributed by atoms with Crippen LogP contribution in [0.2, 0.25) is 0 Å². The van der Waals surface area contributed by atoms with E-state index >= 15 is 0 Å². The van der Waals surface area contributed by atoms with Crippen LogP contribution in [0.1, 0.15) is 5.56 Å². The standard InChI is InChI=1S/C24H22N4O7S/c29-22(15-25-7-9-26(10-8-25)17-2-4-18(5-3-17)28(32)33)27-23(30)21(36-24(27)31)14-16-1-6-19-20(13-16)35-12-11-34-19/h1-6,13-14H,7-12,15H2/b21-14-. The molecule has 0 aliphatic carbocycles. The molecule has 2 saturated heterocycles. The van der Waals surface area contributed by atoms with Crippen molar-refractivity contribution in [2.24, 2.45) is 0 Å². The van der Waals surface area contributed by atoms with E-state index in [0.29, 0.717) is 61.4 Å². The van der Waals surface area contributed by atoms with Gasteiger partial charge in [-0.3, -0.25) is 29.4 Å². The van der Waals surface area contributed by atoms with Crippen LogP contribution in [0.25, 0.3) is 6.08 Å². The summed E-state index contributed by atoms with van der Waals surface area (Å²) >= 11 is 0.736. The first-order valence-corrected chi connectivity index (χ1v) is 12.1. The monoisotopic (exact) mass is 510 g/mol. The molecule has 0 aromatic heterocycles. The summed E-state index contributed by atoms with van der Waals surface area (Å²) in [4.78, 5) is 53.5. The number of rotatable bonds is 5. The van der Waals surface area contributed by atoms with Crippen molar-refractivity contribution in [3.63, 3.8) is 0 Å². The number of imide groups is 3. The van der Waals surface area contributed by atoms with E-state index in [1.807, 2.05) is 4.90 Å². The molecule has 36 heavy (non-hydrogen) atoms. The molecule has 0 unspecified atom stereocenters. The Hall–Kier alpha value is -3.90. The number of nitrogens with zero attached hydrogens (tertiary/aromatic N) is 4. The number of ether oxygens (including phenoxy) is 2. The molecule has 186 valence electrons. The lowest BCUT2D eigenvalue weighted by molar-refractivity contribution is -0.384. The van der Waals surface area contributed by atoms with Crippen molar-refractivity contribution in [3.8, 4) is 11.5 Å². The Morgan fingerprint density at radius 1 is 1.00 bits per heavy atom. The molecular formula is C24H22N4O7S. The molecule has 3 aliphatic rings. The van der Waals surface area contributed by atoms with Crippen LogP contribution in [-0.2, 0) is 9.59 Å². The number of carbonyl (C=O) groups excluding carboxylic acids is 3. The first-order valence-electron chi connectivity index (χ1n) is 11.3. The number of fused-ring (bicyclic) bond motifs is 1. The third-order valence-electron chi connectivity index (χ3n) is 6.06. The highest BCUT2D eigenvalue weighted by Gasteiger charge is 2.40. The van der Waals surface area contributed by atoms with Crippen LogP contribution in [0, 0.1) is 10.1 Å². The van der Waals surface area contributed by atoms with E-state index in [9.17, 15) is 24.5 Å². The summed E-state index contributed by atoms with van der Waals surface area (Å²) < 4.78 is 11.1. The quantitative estimate of drug-likeness (QED) is 0.337. The summed E-state index contributed by atoms with van der Waals surface area (Å²) in [5, 5.41) is 10.2. The number of benzene rings is 2. The average Bonchev–Trinajstić information content (AvgIpc) is 3.16. The van der Waals surface area contributed by atoms with Crippen molar-refractivity contribution in [2.75, 3.05) is 50.8 Å². The van der Waals surface area contributed by atoms with E-state index in [0.717, 1.165) is 17.4 Å². The lowest BCUT2D eigenvalue weighted by Gasteiger charge is -2.35. The van der Waals surface area contributed by atoms with Gasteiger partial charge in [-0.2, -0.15) is 0 Å². The lowest BCUT2D eigenvalue weighted by Crippen LogP contribution is -2.50. The van der Waals surface area contributed by atoms with Crippen molar-refractivity contribution in [1.29, 1.82) is 0 Å². The smallest absolute Gasteiger partial charge is 0.300 e. The summed E-state index contributed by atoms with van der Waals surface area (Å²) in [5.74, 6) is -0.00482. The minimum Gasteiger partial charge on any atom is -0.486 e. The first-order chi connectivity index (χ1) is 17.4. The molecular weight excluding hydrogens is 488 g/mol. The molecule has 5 rings (SSSR count). The highest BCUT2D eigenvalue weighted by molar-refractivity contribution is 8.18. The number of nitro benzene ring substituents is 1. The van der Waals surface area contributed by atoms with E-state index in [-0.39, 0.29) is 17.1 Å². The van der Waals surface area contributed by atoms with Gasteiger partial charge in [0.1, 0.15) is 13.2 Å². The van der Waals surface area contributed by atoms with Crippen molar-refractivity contribution < 1.29 is 28.8 Å². The molecule has 0 spiro atoms. The van der Waals surface area contributed by atoms with Gasteiger partial charge in [0.2, 0.25) is 0 Å². The molecule has 0 bridgehead atoms. The van der Waals surface area contributed by atoms with Crippen molar-refractivity contribution >= 4 is 46.3 Å². The molecule has 11 nitrogen and oxygen atoms in total. The SMILES string of the molecule is O=C(CN1CCN(c2ccc([N+](=O)[O-])cc2)CC1)N1C(=O)S/C(=C\c2ccc3c(c2)OCCO3)C1=O. The average molecular weight is 511 g/mol. The third kappa shape index (κ3) is 4.90. The normalized spacial score (nSPS) is 19.2. The van der Waals surface area contributed by atoms with Gasteiger partial charge in [-0.1, -0.05) is 6.07 Å². The van der Waals surface area contributed by atoms with Crippen LogP contribution < -0.4 is 14.4 Å². The largest absolute Gasteiger partial charge is 0.486 e. The summed E-state index contributed by atoms with van der Waals surface area (Å²) in [6.45, 7) is 3.17. The predicted molar refractivity (Wildman–Crippen MR) is 132 cm³/mol. The van der Waals surface area contributed by atoms with Gasteiger partial charge in [-0.05, 0) is 47.7 Å². The number of amides is 3. The van der Waals surface area contributed by atoms with Crippen molar-refractivity contribution in [3.05, 3.63) is 63.0 Å². The lowest BCUT2D eigenvalue weighted by atomic mass is 10.1. The number of carbonyl (C=O) groups is 3. The van der Waals surface area contributed by atoms with Gasteiger partial charge in [-0.15, -0.1) is 0 Å². The van der Waals surface area contributed by atoms with Crippen LogP contribution in [0.4, 0.5) is 16.2 Å². The second-order valence-corrected chi connectivity index (χ2v) is 9.34. The van der Waals surface area contributed by atoms with Gasteiger partial charge < -0.3 is 14.4 Å². The Morgan fingerprint density at radius 2 is 1.69 bits per heavy atom. The fourth-order valence-electron chi connectivity index (χ4n) is 4.20. The van der Waals surface area contributed by atoms with Crippen LogP contribution in [-0.4, -0.2) is 77.7 Å². The highest BCUT2D eigenvalue weighted by atomic mass is 32.2. The van der Waals surface area contributed by atoms with Gasteiger partial charge in [0.15, 0.2) is 11.5 Å². The first kappa shape index (κ1) is 23.8. The van der Waals surface area contributed by atoms with Gasteiger partial charge in [0.25, 0.3) is 22.7 Å². The topological polar surface area (TPSA) is 123 Å². The predicted octanol–water partition coefficient (Wildman–Crippen LogP) is 2.75. The van der Waals surface area contributed by atoms with Crippen LogP contribution >= 0.6 is 11.8 Å². The number of nitro groups is 1. The van der Waals surface area contributed by atoms with Crippen LogP contribution in [0.5, 0.6) is 11.5 Å². The third-order valence-corrected chi connectivity index (χ3v) is 6.93. The fraction of sp³-hybridized carbons (Fsp3) is 0.292. The Morgan fingerprint density at radius 3 is 2.39 bits per heavy atom. The summed E-state index contributed by atoms with van der Waals surface area (Å²) in [6.07, 6.45) is 1.57. The number of anilines is 1. The van der Waals surface area contributed by atoms with E-state index in [1.54, 1.807) is 36.4 Å². The zero-order valence-corrected chi connectivity index (χ0v) is 19.9. The molecule has 3 heterocycles.